The summed E-state index contributed by atoms with van der Waals surface area (Å²) in [6, 6.07) is 7.59. The molecule has 1 atom stereocenters. The molecule has 1 unspecified atom stereocenters. The lowest BCUT2D eigenvalue weighted by atomic mass is 10.2. The van der Waals surface area contributed by atoms with Crippen LogP contribution in [0.25, 0.3) is 11.0 Å². The summed E-state index contributed by atoms with van der Waals surface area (Å²) in [4.78, 5) is 11.6. The maximum absolute atomic E-state index is 12.7. The van der Waals surface area contributed by atoms with Crippen LogP contribution in [0.2, 0.25) is 0 Å². The van der Waals surface area contributed by atoms with Crippen molar-refractivity contribution in [3.63, 3.8) is 0 Å². The van der Waals surface area contributed by atoms with E-state index in [0.717, 1.165) is 11.0 Å². The van der Waals surface area contributed by atoms with Gasteiger partial charge in [0.1, 0.15) is 18.5 Å². The third-order valence-corrected chi connectivity index (χ3v) is 3.79. The standard InChI is InChI=1S/C15H18F3N3O2/c16-15(17,18)14-10-20(7-9-22-14)6-3-8-23-21-11-19-12-4-1-2-5-13(12)21/h1-2,4-5,11,14H,3,6-10H2. The molecule has 0 amide bonds. The Labute approximate surface area is 131 Å². The molecule has 1 saturated heterocycles. The van der Waals surface area contributed by atoms with Gasteiger partial charge in [-0.1, -0.05) is 12.1 Å². The van der Waals surface area contributed by atoms with Gasteiger partial charge in [0.15, 0.2) is 6.10 Å². The van der Waals surface area contributed by atoms with Crippen LogP contribution < -0.4 is 4.84 Å². The SMILES string of the molecule is FC(F)(F)C1CN(CCCOn2cnc3ccccc32)CCO1. The molecule has 1 aliphatic heterocycles. The second-order valence-electron chi connectivity index (χ2n) is 5.45. The molecule has 126 valence electrons. The number of ether oxygens (including phenoxy) is 1. The van der Waals surface area contributed by atoms with Crippen molar-refractivity contribution in [2.24, 2.45) is 0 Å². The lowest BCUT2D eigenvalue weighted by Gasteiger charge is -2.33. The van der Waals surface area contributed by atoms with Crippen molar-refractivity contribution in [2.75, 3.05) is 32.8 Å². The van der Waals surface area contributed by atoms with Crippen LogP contribution in [0.4, 0.5) is 13.2 Å². The molecule has 2 heterocycles. The second kappa shape index (κ2) is 6.76. The van der Waals surface area contributed by atoms with Crippen LogP contribution in [-0.4, -0.2) is 59.7 Å². The topological polar surface area (TPSA) is 39.5 Å². The number of halogens is 3. The van der Waals surface area contributed by atoms with Gasteiger partial charge in [0.05, 0.1) is 12.1 Å². The predicted octanol–water partition coefficient (Wildman–Crippen LogP) is 2.12. The number of hydrogen-bond acceptors (Lipinski definition) is 4. The van der Waals surface area contributed by atoms with Gasteiger partial charge in [-0.15, -0.1) is 0 Å². The van der Waals surface area contributed by atoms with Gasteiger partial charge in [0, 0.05) is 19.6 Å². The monoisotopic (exact) mass is 329 g/mol. The number of benzene rings is 1. The lowest BCUT2D eigenvalue weighted by Crippen LogP contribution is -2.49. The van der Waals surface area contributed by atoms with Gasteiger partial charge in [-0.3, -0.25) is 4.90 Å². The molecule has 23 heavy (non-hydrogen) atoms. The number of hydrogen-bond donors (Lipinski definition) is 0. The van der Waals surface area contributed by atoms with Gasteiger partial charge in [0.2, 0.25) is 0 Å². The first-order chi connectivity index (χ1) is 11.0. The molecule has 0 spiro atoms. The van der Waals surface area contributed by atoms with Crippen LogP contribution in [0.5, 0.6) is 0 Å². The highest BCUT2D eigenvalue weighted by Crippen LogP contribution is 2.25. The molecule has 5 nitrogen and oxygen atoms in total. The number of rotatable bonds is 5. The number of fused-ring (bicyclic) bond motifs is 1. The molecule has 0 saturated carbocycles. The van der Waals surface area contributed by atoms with Crippen molar-refractivity contribution in [1.29, 1.82) is 0 Å². The Hall–Kier alpha value is -1.80. The van der Waals surface area contributed by atoms with Gasteiger partial charge in [-0.05, 0) is 18.6 Å². The molecule has 1 aromatic heterocycles. The zero-order valence-corrected chi connectivity index (χ0v) is 12.5. The zero-order chi connectivity index (χ0) is 16.3. The average molecular weight is 329 g/mol. The van der Waals surface area contributed by atoms with Gasteiger partial charge >= 0.3 is 6.18 Å². The van der Waals surface area contributed by atoms with Crippen molar-refractivity contribution in [2.45, 2.75) is 18.7 Å². The zero-order valence-electron chi connectivity index (χ0n) is 12.5. The van der Waals surface area contributed by atoms with Crippen LogP contribution in [0.15, 0.2) is 30.6 Å². The van der Waals surface area contributed by atoms with Crippen LogP contribution in [0, 0.1) is 0 Å². The Kier molecular flexibility index (Phi) is 4.72. The van der Waals surface area contributed by atoms with Crippen molar-refractivity contribution < 1.29 is 22.7 Å². The smallest absolute Gasteiger partial charge is 0.412 e. The van der Waals surface area contributed by atoms with E-state index >= 15 is 0 Å². The quantitative estimate of drug-likeness (QED) is 0.788. The summed E-state index contributed by atoms with van der Waals surface area (Å²) in [6.45, 7) is 1.46. The molecule has 1 aliphatic rings. The summed E-state index contributed by atoms with van der Waals surface area (Å²) in [5, 5.41) is 0. The van der Waals surface area contributed by atoms with E-state index in [1.54, 1.807) is 16.0 Å². The number of nitrogens with zero attached hydrogens (tertiary/aromatic N) is 3. The fourth-order valence-corrected chi connectivity index (χ4v) is 2.59. The Bertz CT molecular complexity index is 644. The van der Waals surface area contributed by atoms with E-state index in [-0.39, 0.29) is 13.2 Å². The van der Waals surface area contributed by atoms with Crippen LogP contribution in [-0.2, 0) is 4.74 Å². The van der Waals surface area contributed by atoms with Crippen molar-refractivity contribution in [1.82, 2.24) is 14.6 Å². The fraction of sp³-hybridized carbons (Fsp3) is 0.533. The Morgan fingerprint density at radius 2 is 2.13 bits per heavy atom. The summed E-state index contributed by atoms with van der Waals surface area (Å²) < 4.78 is 44.3. The van der Waals surface area contributed by atoms with Crippen molar-refractivity contribution >= 4 is 11.0 Å². The van der Waals surface area contributed by atoms with Crippen LogP contribution in [0.1, 0.15) is 6.42 Å². The maximum atomic E-state index is 12.7. The molecule has 2 aromatic rings. The number of para-hydroxylation sites is 2. The Morgan fingerprint density at radius 3 is 2.96 bits per heavy atom. The first-order valence-corrected chi connectivity index (χ1v) is 7.50. The van der Waals surface area contributed by atoms with E-state index in [1.807, 2.05) is 24.3 Å². The van der Waals surface area contributed by atoms with Gasteiger partial charge < -0.3 is 9.57 Å². The minimum absolute atomic E-state index is 0.108. The van der Waals surface area contributed by atoms with Gasteiger partial charge in [-0.2, -0.15) is 17.9 Å². The number of morpholine rings is 1. The summed E-state index contributed by atoms with van der Waals surface area (Å²) >= 11 is 0. The second-order valence-corrected chi connectivity index (χ2v) is 5.45. The van der Waals surface area contributed by atoms with Crippen LogP contribution in [0.3, 0.4) is 0 Å². The fourth-order valence-electron chi connectivity index (χ4n) is 2.59. The highest BCUT2D eigenvalue weighted by atomic mass is 19.4. The summed E-state index contributed by atoms with van der Waals surface area (Å²) in [7, 11) is 0. The summed E-state index contributed by atoms with van der Waals surface area (Å²) in [5.74, 6) is 0. The lowest BCUT2D eigenvalue weighted by molar-refractivity contribution is -0.237. The van der Waals surface area contributed by atoms with Gasteiger partial charge in [-0.25, -0.2) is 4.98 Å². The van der Waals surface area contributed by atoms with E-state index in [2.05, 4.69) is 4.98 Å². The molecule has 0 N–H and O–H groups in total. The van der Waals surface area contributed by atoms with E-state index in [1.165, 1.54) is 0 Å². The van der Waals surface area contributed by atoms with E-state index in [0.29, 0.717) is 26.1 Å². The molecule has 8 heteroatoms. The van der Waals surface area contributed by atoms with Gasteiger partial charge in [0.25, 0.3) is 0 Å². The maximum Gasteiger partial charge on any atom is 0.415 e. The molecule has 1 aromatic carbocycles. The van der Waals surface area contributed by atoms with E-state index < -0.39 is 12.3 Å². The summed E-state index contributed by atoms with van der Waals surface area (Å²) in [6.07, 6.45) is -3.75. The molecule has 0 bridgehead atoms. The number of aromatic nitrogens is 2. The molecular weight excluding hydrogens is 311 g/mol. The van der Waals surface area contributed by atoms with Crippen molar-refractivity contribution in [3.05, 3.63) is 30.6 Å². The summed E-state index contributed by atoms with van der Waals surface area (Å²) in [5.41, 5.74) is 1.71. The molecule has 0 aliphatic carbocycles. The highest BCUT2D eigenvalue weighted by Gasteiger charge is 2.43. The average Bonchev–Trinajstić information content (AvgIpc) is 2.94. The van der Waals surface area contributed by atoms with E-state index in [4.69, 9.17) is 9.57 Å². The Morgan fingerprint density at radius 1 is 1.30 bits per heavy atom. The third-order valence-electron chi connectivity index (χ3n) is 3.79. The first-order valence-electron chi connectivity index (χ1n) is 7.50. The number of imidazole rings is 1. The predicted molar refractivity (Wildman–Crippen MR) is 78.0 cm³/mol. The normalized spacial score (nSPS) is 20.0. The van der Waals surface area contributed by atoms with E-state index in [9.17, 15) is 13.2 Å². The van der Waals surface area contributed by atoms with Crippen LogP contribution >= 0.6 is 0 Å². The molecule has 3 rings (SSSR count). The first kappa shape index (κ1) is 16.1. The van der Waals surface area contributed by atoms with Crippen molar-refractivity contribution in [3.8, 4) is 0 Å². The minimum Gasteiger partial charge on any atom is -0.412 e. The third kappa shape index (κ3) is 3.94. The molecular formula is C15H18F3N3O2. The largest absolute Gasteiger partial charge is 0.415 e. The number of alkyl halides is 3. The molecule has 1 fully saturated rings. The highest BCUT2D eigenvalue weighted by molar-refractivity contribution is 5.74. The Balaban J connectivity index is 1.45. The molecule has 0 radical (unpaired) electrons. The minimum atomic E-state index is -4.30.